The molecule has 1 amide bonds. The molecule has 0 aliphatic carbocycles. The summed E-state index contributed by atoms with van der Waals surface area (Å²) >= 11 is 7.56. The standard InChI is InChI=1S/C19H20ClNO3S/c20-15-3-1-13(2-4-15)10-19(6-8-24-12-19)21-18(22)17-9-14-11-23-7-5-16(14)25-17/h1-4,9H,5-8,10-12H2,(H,21,22). The molecule has 6 heteroatoms. The van der Waals surface area contributed by atoms with Crippen LogP contribution >= 0.6 is 22.9 Å². The highest BCUT2D eigenvalue weighted by atomic mass is 35.5. The molecule has 4 rings (SSSR count). The summed E-state index contributed by atoms with van der Waals surface area (Å²) in [5.41, 5.74) is 1.94. The van der Waals surface area contributed by atoms with E-state index in [4.69, 9.17) is 21.1 Å². The molecule has 4 nitrogen and oxygen atoms in total. The second-order valence-corrected chi connectivity index (χ2v) is 8.28. The van der Waals surface area contributed by atoms with Crippen molar-refractivity contribution in [2.24, 2.45) is 0 Å². The molecule has 1 aromatic carbocycles. The fourth-order valence-electron chi connectivity index (χ4n) is 3.44. The molecule has 0 saturated carbocycles. The van der Waals surface area contributed by atoms with Gasteiger partial charge in [-0.2, -0.15) is 0 Å². The normalized spacial score (nSPS) is 22.6. The van der Waals surface area contributed by atoms with Crippen LogP contribution < -0.4 is 5.32 Å². The van der Waals surface area contributed by atoms with Gasteiger partial charge in [0.05, 0.1) is 30.2 Å². The number of hydrogen-bond donors (Lipinski definition) is 1. The van der Waals surface area contributed by atoms with E-state index in [1.165, 1.54) is 4.88 Å². The number of thiophene rings is 1. The Hall–Kier alpha value is -1.40. The predicted octanol–water partition coefficient (Wildman–Crippen LogP) is 3.61. The summed E-state index contributed by atoms with van der Waals surface area (Å²) in [5.74, 6) is -0.0149. The fourth-order valence-corrected chi connectivity index (χ4v) is 4.61. The third-order valence-electron chi connectivity index (χ3n) is 4.79. The minimum Gasteiger partial charge on any atom is -0.379 e. The summed E-state index contributed by atoms with van der Waals surface area (Å²) < 4.78 is 11.1. The highest BCUT2D eigenvalue weighted by Gasteiger charge is 2.37. The average Bonchev–Trinajstić information content (AvgIpc) is 3.24. The van der Waals surface area contributed by atoms with E-state index in [0.717, 1.165) is 46.9 Å². The van der Waals surface area contributed by atoms with E-state index in [-0.39, 0.29) is 11.4 Å². The van der Waals surface area contributed by atoms with Crippen LogP contribution in [0.15, 0.2) is 30.3 Å². The highest BCUT2D eigenvalue weighted by molar-refractivity contribution is 7.14. The number of ether oxygens (including phenoxy) is 2. The van der Waals surface area contributed by atoms with Crippen molar-refractivity contribution in [3.8, 4) is 0 Å². The van der Waals surface area contributed by atoms with Crippen molar-refractivity contribution in [1.29, 1.82) is 0 Å². The Morgan fingerprint density at radius 1 is 1.24 bits per heavy atom. The molecule has 1 N–H and O–H groups in total. The number of nitrogens with one attached hydrogen (secondary N) is 1. The highest BCUT2D eigenvalue weighted by Crippen LogP contribution is 2.29. The van der Waals surface area contributed by atoms with E-state index in [2.05, 4.69) is 5.32 Å². The van der Waals surface area contributed by atoms with Crippen molar-refractivity contribution >= 4 is 28.8 Å². The Bertz CT molecular complexity index is 742. The van der Waals surface area contributed by atoms with Gasteiger partial charge in [0.1, 0.15) is 0 Å². The van der Waals surface area contributed by atoms with Crippen molar-refractivity contribution in [1.82, 2.24) is 5.32 Å². The Kier molecular flexibility index (Phi) is 4.82. The van der Waals surface area contributed by atoms with Crippen LogP contribution in [0, 0.1) is 0 Å². The van der Waals surface area contributed by atoms with Gasteiger partial charge in [-0.3, -0.25) is 4.79 Å². The van der Waals surface area contributed by atoms with Crippen LogP contribution in [0.25, 0.3) is 0 Å². The smallest absolute Gasteiger partial charge is 0.261 e. The zero-order valence-electron chi connectivity index (χ0n) is 13.8. The van der Waals surface area contributed by atoms with Gasteiger partial charge in [0.2, 0.25) is 0 Å². The van der Waals surface area contributed by atoms with E-state index < -0.39 is 0 Å². The minimum atomic E-state index is -0.355. The van der Waals surface area contributed by atoms with E-state index in [9.17, 15) is 4.79 Å². The molecule has 2 aromatic rings. The largest absolute Gasteiger partial charge is 0.379 e. The van der Waals surface area contributed by atoms with Crippen LogP contribution in [0.4, 0.5) is 0 Å². The number of carbonyl (C=O) groups excluding carboxylic acids is 1. The molecule has 1 aromatic heterocycles. The third kappa shape index (κ3) is 3.75. The molecular weight excluding hydrogens is 358 g/mol. The first-order valence-electron chi connectivity index (χ1n) is 8.48. The van der Waals surface area contributed by atoms with E-state index in [0.29, 0.717) is 19.8 Å². The predicted molar refractivity (Wildman–Crippen MR) is 98.5 cm³/mol. The molecular formula is C19H20ClNO3S. The van der Waals surface area contributed by atoms with E-state index in [1.54, 1.807) is 11.3 Å². The maximum atomic E-state index is 12.8. The average molecular weight is 378 g/mol. The first kappa shape index (κ1) is 17.0. The van der Waals surface area contributed by atoms with Gasteiger partial charge in [0.15, 0.2) is 0 Å². The van der Waals surface area contributed by atoms with Crippen LogP contribution in [-0.4, -0.2) is 31.3 Å². The van der Waals surface area contributed by atoms with Gasteiger partial charge in [0.25, 0.3) is 5.91 Å². The molecule has 2 aliphatic rings. The van der Waals surface area contributed by atoms with Crippen molar-refractivity contribution in [3.63, 3.8) is 0 Å². The molecule has 0 bridgehead atoms. The van der Waals surface area contributed by atoms with Gasteiger partial charge < -0.3 is 14.8 Å². The minimum absolute atomic E-state index is 0.0149. The summed E-state index contributed by atoms with van der Waals surface area (Å²) in [6, 6.07) is 9.76. The summed E-state index contributed by atoms with van der Waals surface area (Å²) in [7, 11) is 0. The number of carbonyl (C=O) groups is 1. The lowest BCUT2D eigenvalue weighted by atomic mass is 9.90. The molecule has 2 aliphatic heterocycles. The first-order valence-corrected chi connectivity index (χ1v) is 9.67. The van der Waals surface area contributed by atoms with Gasteiger partial charge in [0, 0.05) is 22.9 Å². The van der Waals surface area contributed by atoms with Gasteiger partial charge in [-0.1, -0.05) is 23.7 Å². The lowest BCUT2D eigenvalue weighted by Gasteiger charge is -2.29. The molecule has 1 saturated heterocycles. The second kappa shape index (κ2) is 7.08. The molecule has 1 unspecified atom stereocenters. The lowest BCUT2D eigenvalue weighted by molar-refractivity contribution is 0.0881. The quantitative estimate of drug-likeness (QED) is 0.885. The SMILES string of the molecule is O=C(NC1(Cc2ccc(Cl)cc2)CCOC1)c1cc2c(s1)CCOC2. The maximum Gasteiger partial charge on any atom is 0.261 e. The first-order chi connectivity index (χ1) is 12.1. The summed E-state index contributed by atoms with van der Waals surface area (Å²) in [6.45, 7) is 2.55. The van der Waals surface area contributed by atoms with Crippen molar-refractivity contribution in [2.75, 3.05) is 19.8 Å². The summed E-state index contributed by atoms with van der Waals surface area (Å²) in [6.07, 6.45) is 2.45. The van der Waals surface area contributed by atoms with Crippen LogP contribution in [0.1, 0.15) is 32.1 Å². The Labute approximate surface area is 156 Å². The van der Waals surface area contributed by atoms with Crippen LogP contribution in [-0.2, 0) is 28.9 Å². The van der Waals surface area contributed by atoms with Gasteiger partial charge in [-0.25, -0.2) is 0 Å². The second-order valence-electron chi connectivity index (χ2n) is 6.70. The van der Waals surface area contributed by atoms with Gasteiger partial charge in [-0.05, 0) is 42.2 Å². The topological polar surface area (TPSA) is 47.6 Å². The summed E-state index contributed by atoms with van der Waals surface area (Å²) in [4.78, 5) is 14.9. The molecule has 1 fully saturated rings. The van der Waals surface area contributed by atoms with Crippen molar-refractivity contribution in [3.05, 3.63) is 56.2 Å². The number of amides is 1. The number of hydrogen-bond acceptors (Lipinski definition) is 4. The molecule has 0 spiro atoms. The number of rotatable bonds is 4. The van der Waals surface area contributed by atoms with E-state index >= 15 is 0 Å². The molecule has 0 radical (unpaired) electrons. The zero-order chi connectivity index (χ0) is 17.3. The molecule has 25 heavy (non-hydrogen) atoms. The van der Waals surface area contributed by atoms with Crippen molar-refractivity contribution < 1.29 is 14.3 Å². The van der Waals surface area contributed by atoms with Crippen LogP contribution in [0.2, 0.25) is 5.02 Å². The van der Waals surface area contributed by atoms with E-state index in [1.807, 2.05) is 30.3 Å². The lowest BCUT2D eigenvalue weighted by Crippen LogP contribution is -2.50. The number of halogens is 1. The maximum absolute atomic E-state index is 12.8. The zero-order valence-corrected chi connectivity index (χ0v) is 15.4. The van der Waals surface area contributed by atoms with Gasteiger partial charge >= 0.3 is 0 Å². The van der Waals surface area contributed by atoms with Gasteiger partial charge in [-0.15, -0.1) is 11.3 Å². The van der Waals surface area contributed by atoms with Crippen LogP contribution in [0.5, 0.6) is 0 Å². The fraction of sp³-hybridized carbons (Fsp3) is 0.421. The number of fused-ring (bicyclic) bond motifs is 1. The monoisotopic (exact) mass is 377 g/mol. The Balaban J connectivity index is 1.52. The molecule has 132 valence electrons. The molecule has 1 atom stereocenters. The molecule has 3 heterocycles. The third-order valence-corrected chi connectivity index (χ3v) is 6.28. The number of benzene rings is 1. The Morgan fingerprint density at radius 2 is 2.08 bits per heavy atom. The van der Waals surface area contributed by atoms with Crippen LogP contribution in [0.3, 0.4) is 0 Å². The van der Waals surface area contributed by atoms with Crippen molar-refractivity contribution in [2.45, 2.75) is 31.4 Å². The Morgan fingerprint density at radius 3 is 2.80 bits per heavy atom. The summed E-state index contributed by atoms with van der Waals surface area (Å²) in [5, 5.41) is 3.97.